The van der Waals surface area contributed by atoms with E-state index in [1.54, 1.807) is 0 Å². The monoisotopic (exact) mass is 390 g/mol. The van der Waals surface area contributed by atoms with Gasteiger partial charge < -0.3 is 13.7 Å². The highest BCUT2D eigenvalue weighted by Gasteiger charge is 2.50. The van der Waals surface area contributed by atoms with E-state index in [0.717, 1.165) is 6.08 Å². The minimum absolute atomic E-state index is 0.141. The van der Waals surface area contributed by atoms with Crippen molar-refractivity contribution in [2.24, 2.45) is 5.92 Å². The molecule has 3 atom stereocenters. The van der Waals surface area contributed by atoms with Crippen molar-refractivity contribution < 1.29 is 35.3 Å². The van der Waals surface area contributed by atoms with Crippen LogP contribution in [0.15, 0.2) is 11.8 Å². The van der Waals surface area contributed by atoms with Crippen molar-refractivity contribution in [2.45, 2.75) is 70.0 Å². The Hall–Kier alpha value is -0.583. The lowest BCUT2D eigenvalue weighted by Gasteiger charge is -2.42. The van der Waals surface area contributed by atoms with Gasteiger partial charge in [-0.25, -0.2) is 0 Å². The Bertz CT molecular complexity index is 593. The zero-order valence-electron chi connectivity index (χ0n) is 14.6. The predicted molar refractivity (Wildman–Crippen MR) is 86.0 cm³/mol. The fraction of sp³-hybridized carbons (Fsp3) is 0.857. The molecular weight excluding hydrogens is 365 g/mol. The van der Waals surface area contributed by atoms with E-state index in [4.69, 9.17) is 4.43 Å². The van der Waals surface area contributed by atoms with E-state index in [1.165, 1.54) is 6.92 Å². The molecule has 1 rings (SSSR count). The van der Waals surface area contributed by atoms with Gasteiger partial charge >= 0.3 is 15.6 Å². The van der Waals surface area contributed by atoms with E-state index < -0.39 is 47.8 Å². The first-order valence-electron chi connectivity index (χ1n) is 7.56. The van der Waals surface area contributed by atoms with E-state index in [2.05, 4.69) is 4.18 Å². The van der Waals surface area contributed by atoms with Crippen molar-refractivity contribution in [1.82, 2.24) is 0 Å². The normalized spacial score (nSPS) is 26.9. The molecule has 1 N–H and O–H groups in total. The average Bonchev–Trinajstić information content (AvgIpc) is 2.31. The molecule has 0 amide bonds. The molecule has 0 aliphatic heterocycles. The Kier molecular flexibility index (Phi) is 5.92. The van der Waals surface area contributed by atoms with Crippen LogP contribution in [0.2, 0.25) is 18.1 Å². The van der Waals surface area contributed by atoms with Gasteiger partial charge in [-0.3, -0.25) is 0 Å². The molecule has 0 spiro atoms. The maximum atomic E-state index is 12.5. The summed E-state index contributed by atoms with van der Waals surface area (Å²) in [6.07, 6.45) is -0.578. The molecule has 0 unspecified atom stereocenters. The van der Waals surface area contributed by atoms with Crippen LogP contribution in [0.1, 0.15) is 34.1 Å². The standard InChI is InChI=1S/C14H25F3O5SSi/c1-9-11(21-23(19,20)14(15,16)17)7-10(18)8-12(9)22-24(5,6)13(2,3)4/h7,9-10,12,18H,8H2,1-6H3/t9-,10-,12-/m0/s1. The minimum Gasteiger partial charge on any atom is -0.413 e. The van der Waals surface area contributed by atoms with E-state index in [-0.39, 0.29) is 11.5 Å². The number of rotatable bonds is 4. The van der Waals surface area contributed by atoms with Crippen LogP contribution in [0.4, 0.5) is 13.2 Å². The van der Waals surface area contributed by atoms with Crippen LogP contribution >= 0.6 is 0 Å². The van der Waals surface area contributed by atoms with Gasteiger partial charge in [-0.1, -0.05) is 27.7 Å². The van der Waals surface area contributed by atoms with Gasteiger partial charge in [0.25, 0.3) is 0 Å². The summed E-state index contributed by atoms with van der Waals surface area (Å²) < 4.78 is 70.4. The van der Waals surface area contributed by atoms with Gasteiger partial charge in [0.1, 0.15) is 5.76 Å². The third kappa shape index (κ3) is 4.74. The van der Waals surface area contributed by atoms with Crippen molar-refractivity contribution in [3.8, 4) is 0 Å². The van der Waals surface area contributed by atoms with Crippen LogP contribution in [0, 0.1) is 5.92 Å². The fourth-order valence-electron chi connectivity index (χ4n) is 2.02. The Balaban J connectivity index is 3.04. The number of hydrogen-bond donors (Lipinski definition) is 1. The Labute approximate surface area is 142 Å². The summed E-state index contributed by atoms with van der Waals surface area (Å²) in [5.41, 5.74) is -5.52. The van der Waals surface area contributed by atoms with Gasteiger partial charge in [0.05, 0.1) is 12.2 Å². The number of aliphatic hydroxyl groups excluding tert-OH is 1. The zero-order chi connectivity index (χ0) is 19.1. The molecule has 1 aliphatic carbocycles. The van der Waals surface area contributed by atoms with Crippen molar-refractivity contribution in [3.05, 3.63) is 11.8 Å². The zero-order valence-corrected chi connectivity index (χ0v) is 16.5. The second-order valence-electron chi connectivity index (χ2n) is 7.56. The van der Waals surface area contributed by atoms with Gasteiger partial charge in [0.15, 0.2) is 8.32 Å². The van der Waals surface area contributed by atoms with Crippen LogP contribution in [-0.2, 0) is 18.7 Å². The summed E-state index contributed by atoms with van der Waals surface area (Å²) in [6, 6.07) is 0. The topological polar surface area (TPSA) is 72.8 Å². The van der Waals surface area contributed by atoms with Crippen molar-refractivity contribution in [2.75, 3.05) is 0 Å². The number of aliphatic hydroxyl groups is 1. The molecule has 0 bridgehead atoms. The van der Waals surface area contributed by atoms with Gasteiger partial charge in [-0.2, -0.15) is 21.6 Å². The highest BCUT2D eigenvalue weighted by Crippen LogP contribution is 2.41. The highest BCUT2D eigenvalue weighted by atomic mass is 32.2. The van der Waals surface area contributed by atoms with Gasteiger partial charge in [0, 0.05) is 12.3 Å². The molecule has 0 aromatic heterocycles. The first kappa shape index (κ1) is 21.5. The lowest BCUT2D eigenvalue weighted by atomic mass is 9.91. The largest absolute Gasteiger partial charge is 0.534 e. The van der Waals surface area contributed by atoms with Crippen molar-refractivity contribution >= 4 is 18.4 Å². The molecule has 0 aromatic rings. The Morgan fingerprint density at radius 2 is 1.75 bits per heavy atom. The summed E-state index contributed by atoms with van der Waals surface area (Å²) in [5.74, 6) is -1.16. The Morgan fingerprint density at radius 1 is 1.25 bits per heavy atom. The van der Waals surface area contributed by atoms with Gasteiger partial charge in [0.2, 0.25) is 0 Å². The molecule has 0 fully saturated rings. The summed E-state index contributed by atoms with van der Waals surface area (Å²) in [5, 5.41) is 9.73. The van der Waals surface area contributed by atoms with Crippen LogP contribution < -0.4 is 0 Å². The molecule has 10 heteroatoms. The van der Waals surface area contributed by atoms with Gasteiger partial charge in [-0.15, -0.1) is 0 Å². The first-order chi connectivity index (χ1) is 10.5. The smallest absolute Gasteiger partial charge is 0.413 e. The summed E-state index contributed by atoms with van der Waals surface area (Å²) in [6.45, 7) is 11.5. The Morgan fingerprint density at radius 3 is 2.17 bits per heavy atom. The van der Waals surface area contributed by atoms with Crippen molar-refractivity contribution in [3.63, 3.8) is 0 Å². The second kappa shape index (κ2) is 6.62. The molecule has 0 aromatic carbocycles. The summed E-state index contributed by atoms with van der Waals surface area (Å²) >= 11 is 0. The van der Waals surface area contributed by atoms with Crippen molar-refractivity contribution in [1.29, 1.82) is 0 Å². The molecule has 0 saturated carbocycles. The first-order valence-corrected chi connectivity index (χ1v) is 11.9. The molecule has 142 valence electrons. The molecule has 0 saturated heterocycles. The maximum Gasteiger partial charge on any atom is 0.534 e. The number of alkyl halides is 3. The molecule has 0 heterocycles. The molecule has 0 radical (unpaired) electrons. The number of halogens is 3. The molecular formula is C14H25F3O5SSi. The van der Waals surface area contributed by atoms with Gasteiger partial charge in [-0.05, 0) is 24.2 Å². The van der Waals surface area contributed by atoms with Crippen LogP contribution in [-0.4, -0.2) is 39.6 Å². The molecule has 24 heavy (non-hydrogen) atoms. The van der Waals surface area contributed by atoms with Crippen LogP contribution in [0.5, 0.6) is 0 Å². The minimum atomic E-state index is -5.77. The SMILES string of the molecule is C[C@H]1C(OS(=O)(=O)C(F)(F)F)=C[C@H](O)C[C@@H]1O[Si](C)(C)C(C)(C)C. The van der Waals surface area contributed by atoms with E-state index in [0.29, 0.717) is 0 Å². The van der Waals surface area contributed by atoms with E-state index >= 15 is 0 Å². The summed E-state index contributed by atoms with van der Waals surface area (Å²) in [7, 11) is -8.03. The lowest BCUT2D eigenvalue weighted by molar-refractivity contribution is -0.0538. The highest BCUT2D eigenvalue weighted by molar-refractivity contribution is 7.87. The fourth-order valence-corrected chi connectivity index (χ4v) is 3.98. The molecule has 5 nitrogen and oxygen atoms in total. The summed E-state index contributed by atoms with van der Waals surface area (Å²) in [4.78, 5) is 0. The van der Waals surface area contributed by atoms with Crippen LogP contribution in [0.25, 0.3) is 0 Å². The predicted octanol–water partition coefficient (Wildman–Crippen LogP) is 3.53. The third-order valence-electron chi connectivity index (χ3n) is 4.58. The van der Waals surface area contributed by atoms with E-state index in [1.807, 2.05) is 33.9 Å². The quantitative estimate of drug-likeness (QED) is 0.452. The lowest BCUT2D eigenvalue weighted by Crippen LogP contribution is -2.47. The average molecular weight is 390 g/mol. The third-order valence-corrected chi connectivity index (χ3v) is 10.1. The van der Waals surface area contributed by atoms with E-state index in [9.17, 15) is 26.7 Å². The maximum absolute atomic E-state index is 12.5. The second-order valence-corrected chi connectivity index (χ2v) is 13.9. The number of hydrogen-bond acceptors (Lipinski definition) is 5. The van der Waals surface area contributed by atoms with Crippen LogP contribution in [0.3, 0.4) is 0 Å². The molecule has 1 aliphatic rings.